The van der Waals surface area contributed by atoms with Crippen molar-refractivity contribution in [3.05, 3.63) is 51.0 Å². The zero-order valence-corrected chi connectivity index (χ0v) is 13.3. The lowest BCUT2D eigenvalue weighted by Gasteiger charge is -2.25. The van der Waals surface area contributed by atoms with Crippen molar-refractivity contribution in [2.24, 2.45) is 0 Å². The lowest BCUT2D eigenvalue weighted by molar-refractivity contribution is -0.122. The van der Waals surface area contributed by atoms with Crippen molar-refractivity contribution in [3.8, 4) is 0 Å². The van der Waals surface area contributed by atoms with E-state index in [1.165, 1.54) is 0 Å². The highest BCUT2D eigenvalue weighted by atomic mass is 79.9. The molecule has 1 aromatic heterocycles. The van der Waals surface area contributed by atoms with Gasteiger partial charge in [0.1, 0.15) is 5.82 Å². The standard InChI is InChI=1S/C16H15BrN2O2/c1-9-3-6-14(15(20)7-9)19-10(2)18-13-8-11(17)4-5-12(13)16(19)21/h4-5,8,14H,1,3,6-7H2,2H3. The molecule has 0 spiro atoms. The minimum absolute atomic E-state index is 0.0507. The van der Waals surface area contributed by atoms with E-state index in [0.717, 1.165) is 16.5 Å². The summed E-state index contributed by atoms with van der Waals surface area (Å²) in [5.74, 6) is 0.631. The zero-order chi connectivity index (χ0) is 15.1. The normalized spacial score (nSPS) is 19.2. The number of hydrogen-bond donors (Lipinski definition) is 0. The van der Waals surface area contributed by atoms with E-state index in [4.69, 9.17) is 0 Å². The molecule has 0 radical (unpaired) electrons. The Labute approximate surface area is 130 Å². The van der Waals surface area contributed by atoms with Crippen molar-refractivity contribution >= 4 is 32.6 Å². The van der Waals surface area contributed by atoms with Crippen molar-refractivity contribution in [1.82, 2.24) is 9.55 Å². The van der Waals surface area contributed by atoms with Crippen LogP contribution in [0.15, 0.2) is 39.6 Å². The van der Waals surface area contributed by atoms with Crippen LogP contribution >= 0.6 is 15.9 Å². The maximum absolute atomic E-state index is 12.7. The smallest absolute Gasteiger partial charge is 0.262 e. The number of carbonyl (C=O) groups excluding carboxylic acids is 1. The molecular formula is C16H15BrN2O2. The van der Waals surface area contributed by atoms with E-state index in [1.807, 2.05) is 12.1 Å². The van der Waals surface area contributed by atoms with Crippen LogP contribution in [0.25, 0.3) is 10.9 Å². The van der Waals surface area contributed by atoms with Crippen LogP contribution < -0.4 is 5.56 Å². The molecule has 1 heterocycles. The third-order valence-corrected chi connectivity index (χ3v) is 4.41. The van der Waals surface area contributed by atoms with Gasteiger partial charge in [0.05, 0.1) is 16.9 Å². The first-order valence-corrected chi connectivity index (χ1v) is 7.64. The Morgan fingerprint density at radius 3 is 2.86 bits per heavy atom. The van der Waals surface area contributed by atoms with Gasteiger partial charge in [-0.25, -0.2) is 4.98 Å². The molecular weight excluding hydrogens is 332 g/mol. The van der Waals surface area contributed by atoms with Crippen LogP contribution in [0.4, 0.5) is 0 Å². The van der Waals surface area contributed by atoms with Crippen LogP contribution in [0.2, 0.25) is 0 Å². The number of Topliss-reactive ketones (excluding diaryl/α,β-unsaturated/α-hetero) is 1. The largest absolute Gasteiger partial charge is 0.297 e. The molecule has 1 aromatic carbocycles. The van der Waals surface area contributed by atoms with Crippen molar-refractivity contribution in [3.63, 3.8) is 0 Å². The van der Waals surface area contributed by atoms with Crippen LogP contribution in [-0.2, 0) is 4.79 Å². The highest BCUT2D eigenvalue weighted by Gasteiger charge is 2.28. The van der Waals surface area contributed by atoms with Gasteiger partial charge in [-0.1, -0.05) is 28.1 Å². The molecule has 1 fully saturated rings. The van der Waals surface area contributed by atoms with Gasteiger partial charge < -0.3 is 0 Å². The van der Waals surface area contributed by atoms with E-state index in [2.05, 4.69) is 27.5 Å². The average molecular weight is 347 g/mol. The number of nitrogens with zero attached hydrogens (tertiary/aromatic N) is 2. The number of hydrogen-bond acceptors (Lipinski definition) is 3. The fourth-order valence-electron chi connectivity index (χ4n) is 2.88. The maximum atomic E-state index is 12.7. The molecule has 21 heavy (non-hydrogen) atoms. The number of fused-ring (bicyclic) bond motifs is 1. The molecule has 5 heteroatoms. The summed E-state index contributed by atoms with van der Waals surface area (Å²) >= 11 is 3.38. The molecule has 0 N–H and O–H groups in total. The van der Waals surface area contributed by atoms with Crippen LogP contribution in [0, 0.1) is 6.92 Å². The second-order valence-corrected chi connectivity index (χ2v) is 6.36. The van der Waals surface area contributed by atoms with Gasteiger partial charge in [-0.05, 0) is 38.0 Å². The van der Waals surface area contributed by atoms with E-state index in [-0.39, 0.29) is 11.3 Å². The lowest BCUT2D eigenvalue weighted by atomic mass is 9.90. The summed E-state index contributed by atoms with van der Waals surface area (Å²) in [6.45, 7) is 5.64. The number of aromatic nitrogens is 2. The van der Waals surface area contributed by atoms with Crippen LogP contribution in [0.5, 0.6) is 0 Å². The summed E-state index contributed by atoms with van der Waals surface area (Å²) in [4.78, 5) is 29.4. The summed E-state index contributed by atoms with van der Waals surface area (Å²) < 4.78 is 2.43. The molecule has 0 aliphatic heterocycles. The summed E-state index contributed by atoms with van der Waals surface area (Å²) in [6, 6.07) is 4.97. The Balaban J connectivity index is 2.19. The molecule has 1 atom stereocenters. The highest BCUT2D eigenvalue weighted by Crippen LogP contribution is 2.28. The molecule has 3 rings (SSSR count). The van der Waals surface area contributed by atoms with Crippen LogP contribution in [0.1, 0.15) is 31.1 Å². The topological polar surface area (TPSA) is 52.0 Å². The summed E-state index contributed by atoms with van der Waals surface area (Å²) in [7, 11) is 0. The SMILES string of the molecule is C=C1CCC(n2c(C)nc3cc(Br)ccc3c2=O)C(=O)C1. The molecule has 0 amide bonds. The molecule has 2 aromatic rings. The average Bonchev–Trinajstić information content (AvgIpc) is 2.40. The number of carbonyl (C=O) groups is 1. The van der Waals surface area contributed by atoms with Gasteiger partial charge in [0, 0.05) is 10.9 Å². The van der Waals surface area contributed by atoms with Crippen molar-refractivity contribution < 1.29 is 4.79 Å². The van der Waals surface area contributed by atoms with Crippen molar-refractivity contribution in [2.45, 2.75) is 32.2 Å². The second kappa shape index (κ2) is 5.22. The number of rotatable bonds is 1. The van der Waals surface area contributed by atoms with E-state index < -0.39 is 6.04 Å². The second-order valence-electron chi connectivity index (χ2n) is 5.44. The molecule has 0 bridgehead atoms. The summed E-state index contributed by atoms with van der Waals surface area (Å²) in [5, 5.41) is 0.543. The maximum Gasteiger partial charge on any atom is 0.262 e. The molecule has 0 saturated heterocycles. The minimum atomic E-state index is -0.413. The third kappa shape index (κ3) is 2.46. The fourth-order valence-corrected chi connectivity index (χ4v) is 3.23. The number of aryl methyl sites for hydroxylation is 1. The predicted molar refractivity (Wildman–Crippen MR) is 85.5 cm³/mol. The van der Waals surface area contributed by atoms with Gasteiger partial charge in [-0.15, -0.1) is 0 Å². The van der Waals surface area contributed by atoms with Gasteiger partial charge in [-0.3, -0.25) is 14.2 Å². The van der Waals surface area contributed by atoms with E-state index in [0.29, 0.717) is 29.6 Å². The number of halogens is 1. The third-order valence-electron chi connectivity index (χ3n) is 3.92. The predicted octanol–water partition coefficient (Wildman–Crippen LogP) is 3.32. The van der Waals surface area contributed by atoms with Gasteiger partial charge in [0.2, 0.25) is 0 Å². The zero-order valence-electron chi connectivity index (χ0n) is 11.7. The van der Waals surface area contributed by atoms with E-state index in [9.17, 15) is 9.59 Å². The molecule has 1 saturated carbocycles. The number of ketones is 1. The first kappa shape index (κ1) is 14.2. The number of benzene rings is 1. The summed E-state index contributed by atoms with van der Waals surface area (Å²) in [6.07, 6.45) is 1.76. The highest BCUT2D eigenvalue weighted by molar-refractivity contribution is 9.10. The Bertz CT molecular complexity index is 823. The monoisotopic (exact) mass is 346 g/mol. The first-order chi connectivity index (χ1) is 9.97. The quantitative estimate of drug-likeness (QED) is 0.744. The molecule has 1 unspecified atom stereocenters. The number of allylic oxidation sites excluding steroid dienone is 1. The van der Waals surface area contributed by atoms with Crippen molar-refractivity contribution in [2.75, 3.05) is 0 Å². The fraction of sp³-hybridized carbons (Fsp3) is 0.312. The first-order valence-electron chi connectivity index (χ1n) is 6.85. The Kier molecular flexibility index (Phi) is 3.53. The van der Waals surface area contributed by atoms with Crippen LogP contribution in [0.3, 0.4) is 0 Å². The van der Waals surface area contributed by atoms with Crippen LogP contribution in [-0.4, -0.2) is 15.3 Å². The van der Waals surface area contributed by atoms with Crippen molar-refractivity contribution in [1.29, 1.82) is 0 Å². The lowest BCUT2D eigenvalue weighted by Crippen LogP contribution is -2.34. The minimum Gasteiger partial charge on any atom is -0.297 e. The Hall–Kier alpha value is -1.75. The molecule has 108 valence electrons. The molecule has 1 aliphatic carbocycles. The van der Waals surface area contributed by atoms with E-state index >= 15 is 0 Å². The van der Waals surface area contributed by atoms with Gasteiger partial charge in [-0.2, -0.15) is 0 Å². The summed E-state index contributed by atoms with van der Waals surface area (Å²) in [5.41, 5.74) is 1.45. The van der Waals surface area contributed by atoms with Gasteiger partial charge in [0.15, 0.2) is 5.78 Å². The van der Waals surface area contributed by atoms with E-state index in [1.54, 1.807) is 17.6 Å². The molecule has 1 aliphatic rings. The van der Waals surface area contributed by atoms with Gasteiger partial charge in [0.25, 0.3) is 5.56 Å². The molecule has 4 nitrogen and oxygen atoms in total. The Morgan fingerprint density at radius 2 is 2.14 bits per heavy atom. The Morgan fingerprint density at radius 1 is 1.38 bits per heavy atom. The van der Waals surface area contributed by atoms with Gasteiger partial charge >= 0.3 is 0 Å².